The molecule has 22 heavy (non-hydrogen) atoms. The van der Waals surface area contributed by atoms with Gasteiger partial charge in [-0.3, -0.25) is 4.79 Å². The Bertz CT molecular complexity index is 680. The monoisotopic (exact) mass is 297 g/mol. The van der Waals surface area contributed by atoms with Gasteiger partial charge in [0.2, 0.25) is 0 Å². The second kappa shape index (κ2) is 7.14. The van der Waals surface area contributed by atoms with Crippen molar-refractivity contribution in [1.29, 1.82) is 10.5 Å². The van der Waals surface area contributed by atoms with Crippen LogP contribution < -0.4 is 14.8 Å². The number of allylic oxidation sites excluding steroid dienone is 1. The molecule has 0 saturated heterocycles. The first kappa shape index (κ1) is 15.4. The van der Waals surface area contributed by atoms with Gasteiger partial charge in [-0.1, -0.05) is 6.92 Å². The van der Waals surface area contributed by atoms with Crippen molar-refractivity contribution >= 4 is 11.5 Å². The van der Waals surface area contributed by atoms with Crippen LogP contribution in [0.15, 0.2) is 23.9 Å². The number of nitrogens with one attached hydrogen (secondary N) is 1. The van der Waals surface area contributed by atoms with Gasteiger partial charge < -0.3 is 14.8 Å². The van der Waals surface area contributed by atoms with E-state index in [0.717, 1.165) is 6.42 Å². The summed E-state index contributed by atoms with van der Waals surface area (Å²) in [5.74, 6) is 1.03. The molecule has 0 aliphatic carbocycles. The summed E-state index contributed by atoms with van der Waals surface area (Å²) < 4.78 is 11.0. The molecule has 0 spiro atoms. The maximum absolute atomic E-state index is 12.2. The third-order valence-corrected chi connectivity index (χ3v) is 3.07. The minimum Gasteiger partial charge on any atom is -0.486 e. The van der Waals surface area contributed by atoms with Crippen molar-refractivity contribution in [2.24, 2.45) is 0 Å². The smallest absolute Gasteiger partial charge is 0.165 e. The third-order valence-electron chi connectivity index (χ3n) is 3.07. The molecule has 112 valence electrons. The quantitative estimate of drug-likeness (QED) is 0.663. The van der Waals surface area contributed by atoms with Gasteiger partial charge in [0, 0.05) is 24.3 Å². The molecule has 0 aromatic heterocycles. The highest BCUT2D eigenvalue weighted by molar-refractivity contribution is 6.02. The lowest BCUT2D eigenvalue weighted by Crippen LogP contribution is -2.16. The summed E-state index contributed by atoms with van der Waals surface area (Å²) in [5.41, 5.74) is 0.868. The fraction of sp³-hybridized carbons (Fsp3) is 0.312. The molecule has 6 nitrogen and oxygen atoms in total. The normalized spacial score (nSPS) is 11.8. The Hall–Kier alpha value is -2.99. The summed E-state index contributed by atoms with van der Waals surface area (Å²) >= 11 is 0. The zero-order valence-corrected chi connectivity index (χ0v) is 12.2. The van der Waals surface area contributed by atoms with E-state index in [4.69, 9.17) is 20.0 Å². The zero-order valence-electron chi connectivity index (χ0n) is 12.2. The number of hydrogen-bond donors (Lipinski definition) is 1. The van der Waals surface area contributed by atoms with E-state index >= 15 is 0 Å². The molecule has 1 aliphatic rings. The molecule has 1 aromatic carbocycles. The van der Waals surface area contributed by atoms with Crippen LogP contribution >= 0.6 is 0 Å². The number of hydrogen-bond acceptors (Lipinski definition) is 6. The van der Waals surface area contributed by atoms with Crippen LogP contribution in [-0.2, 0) is 0 Å². The standard InChI is InChI=1S/C16H15N3O3/c1-2-3-14(20)12-6-15-16(22-5-4-21-15)7-13(12)19-10-11(8-17)9-18/h6-7,10,19H,2-5H2,1H3. The van der Waals surface area contributed by atoms with E-state index in [0.29, 0.717) is 42.4 Å². The van der Waals surface area contributed by atoms with Crippen molar-refractivity contribution in [1.82, 2.24) is 0 Å². The van der Waals surface area contributed by atoms with Gasteiger partial charge in [0.05, 0.1) is 5.69 Å². The van der Waals surface area contributed by atoms with Crippen LogP contribution in [-0.4, -0.2) is 19.0 Å². The van der Waals surface area contributed by atoms with Crippen LogP contribution in [0.2, 0.25) is 0 Å². The van der Waals surface area contributed by atoms with E-state index in [-0.39, 0.29) is 11.4 Å². The van der Waals surface area contributed by atoms with Crippen molar-refractivity contribution in [2.75, 3.05) is 18.5 Å². The Balaban J connectivity index is 2.41. The summed E-state index contributed by atoms with van der Waals surface area (Å²) in [6, 6.07) is 6.80. The summed E-state index contributed by atoms with van der Waals surface area (Å²) in [4.78, 5) is 12.2. The van der Waals surface area contributed by atoms with Gasteiger partial charge in [-0.05, 0) is 12.5 Å². The van der Waals surface area contributed by atoms with Gasteiger partial charge >= 0.3 is 0 Å². The van der Waals surface area contributed by atoms with Crippen LogP contribution in [0.4, 0.5) is 5.69 Å². The molecular weight excluding hydrogens is 282 g/mol. The average molecular weight is 297 g/mol. The molecule has 0 fully saturated rings. The fourth-order valence-electron chi connectivity index (χ4n) is 2.04. The molecule has 0 unspecified atom stereocenters. The van der Waals surface area contributed by atoms with Crippen molar-refractivity contribution < 1.29 is 14.3 Å². The van der Waals surface area contributed by atoms with Crippen LogP contribution in [0, 0.1) is 22.7 Å². The fourth-order valence-corrected chi connectivity index (χ4v) is 2.04. The Kier molecular flexibility index (Phi) is 5.00. The number of carbonyl (C=O) groups excluding carboxylic acids is 1. The minimum absolute atomic E-state index is 0.0363. The highest BCUT2D eigenvalue weighted by Gasteiger charge is 2.19. The number of nitriles is 2. The molecule has 0 saturated carbocycles. The second-order valence-corrected chi connectivity index (χ2v) is 4.64. The van der Waals surface area contributed by atoms with Gasteiger partial charge in [-0.25, -0.2) is 0 Å². The summed E-state index contributed by atoms with van der Waals surface area (Å²) in [6.45, 7) is 2.80. The number of ether oxygens (including phenoxy) is 2. The molecule has 6 heteroatoms. The molecule has 1 aliphatic heterocycles. The van der Waals surface area contributed by atoms with E-state index in [9.17, 15) is 4.79 Å². The summed E-state index contributed by atoms with van der Waals surface area (Å²) in [5, 5.41) is 20.4. The number of rotatable bonds is 5. The van der Waals surface area contributed by atoms with Gasteiger partial charge in [0.15, 0.2) is 17.3 Å². The lowest BCUT2D eigenvalue weighted by atomic mass is 10.0. The van der Waals surface area contributed by atoms with Crippen LogP contribution in [0.3, 0.4) is 0 Å². The maximum atomic E-state index is 12.2. The topological polar surface area (TPSA) is 95.1 Å². The molecule has 2 rings (SSSR count). The maximum Gasteiger partial charge on any atom is 0.165 e. The van der Waals surface area contributed by atoms with E-state index in [1.54, 1.807) is 24.3 Å². The Labute approximate surface area is 128 Å². The first-order chi connectivity index (χ1) is 10.7. The number of anilines is 1. The first-order valence-electron chi connectivity index (χ1n) is 6.93. The largest absolute Gasteiger partial charge is 0.486 e. The molecule has 0 radical (unpaired) electrons. The van der Waals surface area contributed by atoms with Crippen molar-refractivity contribution in [3.63, 3.8) is 0 Å². The number of carbonyl (C=O) groups is 1. The van der Waals surface area contributed by atoms with E-state index in [2.05, 4.69) is 5.32 Å². The van der Waals surface area contributed by atoms with Gasteiger partial charge in [0.25, 0.3) is 0 Å². The number of ketones is 1. The van der Waals surface area contributed by atoms with Gasteiger partial charge in [-0.15, -0.1) is 0 Å². The predicted octanol–water partition coefficient (Wildman–Crippen LogP) is 2.78. The lowest BCUT2D eigenvalue weighted by Gasteiger charge is -2.20. The minimum atomic E-state index is -0.0798. The number of fused-ring (bicyclic) bond motifs is 1. The molecule has 1 heterocycles. The molecule has 1 N–H and O–H groups in total. The van der Waals surface area contributed by atoms with Crippen molar-refractivity contribution in [3.8, 4) is 23.6 Å². The van der Waals surface area contributed by atoms with Crippen LogP contribution in [0.25, 0.3) is 0 Å². The summed E-state index contributed by atoms with van der Waals surface area (Å²) in [7, 11) is 0. The van der Waals surface area contributed by atoms with Crippen molar-refractivity contribution in [3.05, 3.63) is 29.5 Å². The Morgan fingerprint density at radius 3 is 2.50 bits per heavy atom. The lowest BCUT2D eigenvalue weighted by molar-refractivity contribution is 0.0981. The van der Waals surface area contributed by atoms with Gasteiger partial charge in [0.1, 0.15) is 30.9 Å². The van der Waals surface area contributed by atoms with E-state index in [1.807, 2.05) is 6.92 Å². The average Bonchev–Trinajstić information content (AvgIpc) is 2.55. The Morgan fingerprint density at radius 2 is 1.91 bits per heavy atom. The van der Waals surface area contributed by atoms with E-state index < -0.39 is 0 Å². The van der Waals surface area contributed by atoms with Gasteiger partial charge in [-0.2, -0.15) is 10.5 Å². The number of nitrogens with zero attached hydrogens (tertiary/aromatic N) is 2. The van der Waals surface area contributed by atoms with Crippen molar-refractivity contribution in [2.45, 2.75) is 19.8 Å². The predicted molar refractivity (Wildman–Crippen MR) is 79.6 cm³/mol. The second-order valence-electron chi connectivity index (χ2n) is 4.64. The van der Waals surface area contributed by atoms with E-state index in [1.165, 1.54) is 6.20 Å². The molecule has 0 amide bonds. The molecule has 0 atom stereocenters. The Morgan fingerprint density at radius 1 is 1.27 bits per heavy atom. The highest BCUT2D eigenvalue weighted by atomic mass is 16.6. The first-order valence-corrected chi connectivity index (χ1v) is 6.93. The highest BCUT2D eigenvalue weighted by Crippen LogP contribution is 2.36. The molecule has 0 bridgehead atoms. The summed E-state index contributed by atoms with van der Waals surface area (Å²) in [6.07, 6.45) is 2.40. The molecule has 1 aromatic rings. The van der Waals surface area contributed by atoms with Crippen LogP contribution in [0.1, 0.15) is 30.1 Å². The SMILES string of the molecule is CCCC(=O)c1cc2c(cc1NC=C(C#N)C#N)OCCO2. The van der Waals surface area contributed by atoms with Crippen LogP contribution in [0.5, 0.6) is 11.5 Å². The number of Topliss-reactive ketones (excluding diaryl/α,β-unsaturated/α-hetero) is 1. The molecular formula is C16H15N3O3. The zero-order chi connectivity index (χ0) is 15.9. The number of benzene rings is 1. The third kappa shape index (κ3) is 3.36.